The second-order valence-electron chi connectivity index (χ2n) is 7.68. The molecule has 4 rings (SSSR count). The number of halogens is 1. The highest BCUT2D eigenvalue weighted by Crippen LogP contribution is 2.34. The lowest BCUT2D eigenvalue weighted by atomic mass is 9.95. The summed E-state index contributed by atoms with van der Waals surface area (Å²) in [6.45, 7) is 2.08. The Morgan fingerprint density at radius 3 is 2.23 bits per heavy atom. The van der Waals surface area contributed by atoms with E-state index in [1.165, 1.54) is 44.9 Å². The van der Waals surface area contributed by atoms with Gasteiger partial charge in [-0.25, -0.2) is 9.07 Å². The minimum absolute atomic E-state index is 0.00521. The lowest BCUT2D eigenvalue weighted by Gasteiger charge is -2.32. The number of likely N-dealkylation sites (tertiary alicyclic amines) is 1. The van der Waals surface area contributed by atoms with Crippen molar-refractivity contribution in [3.8, 4) is 0 Å². The van der Waals surface area contributed by atoms with Gasteiger partial charge in [0.25, 0.3) is 0 Å². The number of hydrogen-bond acceptors (Lipinski definition) is 4. The lowest BCUT2D eigenvalue weighted by Crippen LogP contribution is -2.33. The van der Waals surface area contributed by atoms with Crippen LogP contribution in [0.4, 0.5) is 4.39 Å². The molecular weight excluding hydrogens is 329 g/mol. The summed E-state index contributed by atoms with van der Waals surface area (Å²) in [5, 5.41) is 12.9. The van der Waals surface area contributed by atoms with Gasteiger partial charge in [0.05, 0.1) is 12.1 Å². The van der Waals surface area contributed by atoms with Gasteiger partial charge in [-0.15, -0.1) is 5.10 Å². The van der Waals surface area contributed by atoms with E-state index in [-0.39, 0.29) is 11.9 Å². The van der Waals surface area contributed by atoms with E-state index < -0.39 is 0 Å². The van der Waals surface area contributed by atoms with Crippen molar-refractivity contribution < 1.29 is 4.39 Å². The summed E-state index contributed by atoms with van der Waals surface area (Å²) in [6, 6.07) is 7.29. The van der Waals surface area contributed by atoms with E-state index in [0.29, 0.717) is 6.04 Å². The summed E-state index contributed by atoms with van der Waals surface area (Å²) < 4.78 is 15.6. The van der Waals surface area contributed by atoms with Crippen molar-refractivity contribution >= 4 is 0 Å². The molecule has 1 aliphatic carbocycles. The highest BCUT2D eigenvalue weighted by molar-refractivity contribution is 5.25. The number of benzene rings is 1. The lowest BCUT2D eigenvalue weighted by molar-refractivity contribution is 0.211. The van der Waals surface area contributed by atoms with Crippen LogP contribution in [0.25, 0.3) is 0 Å². The van der Waals surface area contributed by atoms with E-state index >= 15 is 0 Å². The van der Waals surface area contributed by atoms with Crippen LogP contribution in [0.3, 0.4) is 0 Å². The zero-order valence-electron chi connectivity index (χ0n) is 15.4. The summed E-state index contributed by atoms with van der Waals surface area (Å²) in [5.41, 5.74) is 1.08. The molecule has 0 spiro atoms. The van der Waals surface area contributed by atoms with E-state index in [1.807, 2.05) is 12.1 Å². The molecule has 1 aromatic heterocycles. The van der Waals surface area contributed by atoms with E-state index in [4.69, 9.17) is 0 Å². The first-order valence-electron chi connectivity index (χ1n) is 10.1. The molecule has 2 heterocycles. The smallest absolute Gasteiger partial charge is 0.173 e. The molecule has 2 fully saturated rings. The fourth-order valence-electron chi connectivity index (χ4n) is 4.49. The molecule has 1 aromatic carbocycles. The van der Waals surface area contributed by atoms with Gasteiger partial charge in [0, 0.05) is 0 Å². The van der Waals surface area contributed by atoms with Crippen LogP contribution in [-0.4, -0.2) is 38.2 Å². The average molecular weight is 357 g/mol. The minimum atomic E-state index is -0.199. The third-order valence-corrected chi connectivity index (χ3v) is 5.87. The van der Waals surface area contributed by atoms with Crippen molar-refractivity contribution in [2.75, 3.05) is 13.1 Å². The quantitative estimate of drug-likeness (QED) is 0.819. The Balaban J connectivity index is 1.70. The second-order valence-corrected chi connectivity index (χ2v) is 7.68. The standard InChI is InChI=1S/C20H28FN5/c21-17-12-10-16(11-13-17)19(25-14-6-1-2-7-15-25)20-22-23-24-26(20)18-8-4-3-5-9-18/h10-13,18-19H,1-9,14-15H2/t19-/m0/s1. The Hall–Kier alpha value is -1.82. The van der Waals surface area contributed by atoms with E-state index in [1.54, 1.807) is 12.1 Å². The first kappa shape index (κ1) is 17.6. The van der Waals surface area contributed by atoms with Gasteiger partial charge < -0.3 is 0 Å². The van der Waals surface area contributed by atoms with Crippen molar-refractivity contribution in [1.29, 1.82) is 0 Å². The molecule has 26 heavy (non-hydrogen) atoms. The summed E-state index contributed by atoms with van der Waals surface area (Å²) in [5.74, 6) is 0.723. The van der Waals surface area contributed by atoms with Crippen LogP contribution in [0.1, 0.15) is 81.3 Å². The molecule has 0 bridgehead atoms. The predicted octanol–water partition coefficient (Wildman–Crippen LogP) is 4.28. The fraction of sp³-hybridized carbons (Fsp3) is 0.650. The average Bonchev–Trinajstić information content (AvgIpc) is 3.00. The molecule has 1 saturated heterocycles. The Morgan fingerprint density at radius 2 is 1.54 bits per heavy atom. The second kappa shape index (κ2) is 8.25. The van der Waals surface area contributed by atoms with Crippen molar-refractivity contribution in [3.63, 3.8) is 0 Å². The van der Waals surface area contributed by atoms with Crippen LogP contribution in [0.2, 0.25) is 0 Å². The third kappa shape index (κ3) is 3.80. The van der Waals surface area contributed by atoms with Gasteiger partial charge in [-0.1, -0.05) is 44.2 Å². The highest BCUT2D eigenvalue weighted by atomic mass is 19.1. The van der Waals surface area contributed by atoms with Crippen molar-refractivity contribution in [1.82, 2.24) is 25.1 Å². The van der Waals surface area contributed by atoms with Crippen LogP contribution in [0.5, 0.6) is 0 Å². The van der Waals surface area contributed by atoms with Gasteiger partial charge in [-0.2, -0.15) is 0 Å². The molecular formula is C20H28FN5. The van der Waals surface area contributed by atoms with E-state index in [2.05, 4.69) is 25.1 Å². The van der Waals surface area contributed by atoms with Crippen LogP contribution >= 0.6 is 0 Å². The van der Waals surface area contributed by atoms with Crippen molar-refractivity contribution in [2.24, 2.45) is 0 Å². The Labute approximate surface area is 154 Å². The summed E-state index contributed by atoms with van der Waals surface area (Å²) >= 11 is 0. The Morgan fingerprint density at radius 1 is 0.885 bits per heavy atom. The third-order valence-electron chi connectivity index (χ3n) is 5.87. The van der Waals surface area contributed by atoms with E-state index in [9.17, 15) is 4.39 Å². The number of aromatic nitrogens is 4. The number of nitrogens with zero attached hydrogens (tertiary/aromatic N) is 5. The molecule has 6 heteroatoms. The molecule has 140 valence electrons. The molecule has 2 aliphatic rings. The van der Waals surface area contributed by atoms with Crippen molar-refractivity contribution in [2.45, 2.75) is 69.9 Å². The molecule has 0 amide bonds. The first-order chi connectivity index (χ1) is 12.8. The van der Waals surface area contributed by atoms with Crippen LogP contribution < -0.4 is 0 Å². The van der Waals surface area contributed by atoms with Crippen LogP contribution in [0.15, 0.2) is 24.3 Å². The van der Waals surface area contributed by atoms with Gasteiger partial charge in [0.2, 0.25) is 0 Å². The largest absolute Gasteiger partial charge is 0.290 e. The normalized spacial score (nSPS) is 21.4. The molecule has 0 unspecified atom stereocenters. The SMILES string of the molecule is Fc1ccc([C@@H](c2nnnn2C2CCCCC2)N2CCCCCC2)cc1. The first-order valence-corrected chi connectivity index (χ1v) is 10.1. The number of hydrogen-bond donors (Lipinski definition) is 0. The molecule has 5 nitrogen and oxygen atoms in total. The van der Waals surface area contributed by atoms with Gasteiger partial charge >= 0.3 is 0 Å². The van der Waals surface area contributed by atoms with Crippen LogP contribution in [0, 0.1) is 5.82 Å². The summed E-state index contributed by atoms with van der Waals surface area (Å²) in [4.78, 5) is 2.49. The van der Waals surface area contributed by atoms with E-state index in [0.717, 1.165) is 37.3 Å². The number of tetrazole rings is 1. The molecule has 2 aromatic rings. The molecule has 1 aliphatic heterocycles. The maximum atomic E-state index is 13.5. The maximum Gasteiger partial charge on any atom is 0.173 e. The molecule has 0 radical (unpaired) electrons. The molecule has 1 saturated carbocycles. The fourth-order valence-corrected chi connectivity index (χ4v) is 4.49. The maximum absolute atomic E-state index is 13.5. The van der Waals surface area contributed by atoms with Crippen molar-refractivity contribution in [3.05, 3.63) is 41.5 Å². The van der Waals surface area contributed by atoms with Gasteiger partial charge in [-0.05, 0) is 66.9 Å². The van der Waals surface area contributed by atoms with Gasteiger partial charge in [0.1, 0.15) is 5.82 Å². The zero-order valence-corrected chi connectivity index (χ0v) is 15.4. The Kier molecular flexibility index (Phi) is 5.58. The molecule has 1 atom stereocenters. The molecule has 0 N–H and O–H groups in total. The number of rotatable bonds is 4. The monoisotopic (exact) mass is 357 g/mol. The topological polar surface area (TPSA) is 46.8 Å². The summed E-state index contributed by atoms with van der Waals surface area (Å²) in [7, 11) is 0. The Bertz CT molecular complexity index is 684. The summed E-state index contributed by atoms with van der Waals surface area (Å²) in [6.07, 6.45) is 11.0. The zero-order chi connectivity index (χ0) is 17.8. The highest BCUT2D eigenvalue weighted by Gasteiger charge is 2.31. The van der Waals surface area contributed by atoms with Gasteiger partial charge in [-0.3, -0.25) is 4.90 Å². The minimum Gasteiger partial charge on any atom is -0.290 e. The predicted molar refractivity (Wildman–Crippen MR) is 98.2 cm³/mol. The van der Waals surface area contributed by atoms with Crippen LogP contribution in [-0.2, 0) is 0 Å². The van der Waals surface area contributed by atoms with Gasteiger partial charge in [0.15, 0.2) is 5.82 Å².